The Morgan fingerprint density at radius 3 is 2.05 bits per heavy atom. The fourth-order valence-electron chi connectivity index (χ4n) is 1.77. The van der Waals surface area contributed by atoms with E-state index in [-0.39, 0.29) is 31.9 Å². The molecule has 0 radical (unpaired) electrons. The highest BCUT2D eigenvalue weighted by atomic mass is 35.5. The lowest BCUT2D eigenvalue weighted by molar-refractivity contribution is -0.142. The van der Waals surface area contributed by atoms with E-state index in [4.69, 9.17) is 10.8 Å². The first kappa shape index (κ1) is 20.0. The van der Waals surface area contributed by atoms with Crippen LogP contribution in [0.2, 0.25) is 0 Å². The first-order valence-electron chi connectivity index (χ1n) is 5.72. The highest BCUT2D eigenvalue weighted by Gasteiger charge is 2.37. The Morgan fingerprint density at radius 2 is 1.62 bits per heavy atom. The quantitative estimate of drug-likeness (QED) is 0.818. The minimum Gasteiger partial charge on any atom is -0.396 e. The molecular formula is C12H14ClF6NO. The Balaban J connectivity index is 0.00000400. The molecule has 0 unspecified atom stereocenters. The largest absolute Gasteiger partial charge is 0.416 e. The molecule has 0 aromatic heterocycles. The summed E-state index contributed by atoms with van der Waals surface area (Å²) in [5.41, 5.74) is 2.54. The van der Waals surface area contributed by atoms with Crippen LogP contribution in [0, 0.1) is 0 Å². The van der Waals surface area contributed by atoms with Gasteiger partial charge in [0.05, 0.1) is 11.1 Å². The molecule has 0 saturated carbocycles. The molecule has 1 rings (SSSR count). The summed E-state index contributed by atoms with van der Waals surface area (Å²) in [5, 5.41) is 8.62. The van der Waals surface area contributed by atoms with E-state index in [1.54, 1.807) is 0 Å². The van der Waals surface area contributed by atoms with Gasteiger partial charge in [0.25, 0.3) is 0 Å². The van der Waals surface area contributed by atoms with Gasteiger partial charge >= 0.3 is 12.4 Å². The van der Waals surface area contributed by atoms with Crippen molar-refractivity contribution in [2.24, 2.45) is 5.73 Å². The molecule has 0 aliphatic heterocycles. The average molecular weight is 338 g/mol. The molecule has 3 N–H and O–H groups in total. The standard InChI is InChI=1S/C12H13F6NO.ClH/c13-11(14,15)7-3-4-9(12(16,17)18)8(6-7)10(19)2-1-5-20;/h3-4,6,10,20H,1-2,5,19H2;1H/t10-;/m0./s1. The van der Waals surface area contributed by atoms with Gasteiger partial charge in [-0.3, -0.25) is 0 Å². The van der Waals surface area contributed by atoms with E-state index in [9.17, 15) is 26.3 Å². The molecule has 9 heteroatoms. The SMILES string of the molecule is Cl.N[C@@H](CCCO)c1cc(C(F)(F)F)ccc1C(F)(F)F. The van der Waals surface area contributed by atoms with Crippen molar-refractivity contribution in [3.8, 4) is 0 Å². The Bertz CT molecular complexity index is 460. The second kappa shape index (κ2) is 7.33. The van der Waals surface area contributed by atoms with Crippen LogP contribution in [0.15, 0.2) is 18.2 Å². The van der Waals surface area contributed by atoms with E-state index in [2.05, 4.69) is 0 Å². The van der Waals surface area contributed by atoms with Crippen molar-refractivity contribution >= 4 is 12.4 Å². The summed E-state index contributed by atoms with van der Waals surface area (Å²) in [7, 11) is 0. The van der Waals surface area contributed by atoms with Crippen LogP contribution < -0.4 is 5.73 Å². The van der Waals surface area contributed by atoms with Crippen LogP contribution in [-0.2, 0) is 12.4 Å². The third-order valence-electron chi connectivity index (χ3n) is 2.76. The number of halogens is 7. The predicted octanol–water partition coefficient (Wildman–Crippen LogP) is 3.92. The number of rotatable bonds is 4. The van der Waals surface area contributed by atoms with E-state index in [1.165, 1.54) is 0 Å². The topological polar surface area (TPSA) is 46.2 Å². The molecule has 0 fully saturated rings. The second-order valence-corrected chi connectivity index (χ2v) is 4.27. The molecule has 122 valence electrons. The van der Waals surface area contributed by atoms with Crippen molar-refractivity contribution in [2.75, 3.05) is 6.61 Å². The fourth-order valence-corrected chi connectivity index (χ4v) is 1.77. The maximum absolute atomic E-state index is 12.8. The van der Waals surface area contributed by atoms with Gasteiger partial charge in [-0.1, -0.05) is 0 Å². The third kappa shape index (κ3) is 5.37. The van der Waals surface area contributed by atoms with Gasteiger partial charge in [-0.2, -0.15) is 26.3 Å². The number of aliphatic hydroxyl groups excluding tert-OH is 1. The van der Waals surface area contributed by atoms with Gasteiger partial charge in [0.15, 0.2) is 0 Å². The summed E-state index contributed by atoms with van der Waals surface area (Å²) in [6, 6.07) is -0.0338. The molecule has 0 bridgehead atoms. The van der Waals surface area contributed by atoms with Gasteiger partial charge < -0.3 is 10.8 Å². The monoisotopic (exact) mass is 337 g/mol. The predicted molar refractivity (Wildman–Crippen MR) is 66.9 cm³/mol. The summed E-state index contributed by atoms with van der Waals surface area (Å²) in [5.74, 6) is 0. The molecule has 0 aliphatic rings. The molecule has 0 amide bonds. The van der Waals surface area contributed by atoms with Gasteiger partial charge in [0.1, 0.15) is 0 Å². The summed E-state index contributed by atoms with van der Waals surface area (Å²) in [4.78, 5) is 0. The molecule has 0 heterocycles. The zero-order valence-electron chi connectivity index (χ0n) is 10.6. The van der Waals surface area contributed by atoms with Gasteiger partial charge in [-0.15, -0.1) is 12.4 Å². The zero-order valence-corrected chi connectivity index (χ0v) is 11.4. The maximum Gasteiger partial charge on any atom is 0.416 e. The summed E-state index contributed by atoms with van der Waals surface area (Å²) >= 11 is 0. The Morgan fingerprint density at radius 1 is 1.05 bits per heavy atom. The molecule has 1 atom stereocenters. The second-order valence-electron chi connectivity index (χ2n) is 4.27. The minimum atomic E-state index is -4.78. The molecule has 2 nitrogen and oxygen atoms in total. The van der Waals surface area contributed by atoms with Crippen molar-refractivity contribution in [2.45, 2.75) is 31.2 Å². The van der Waals surface area contributed by atoms with Gasteiger partial charge in [0.2, 0.25) is 0 Å². The van der Waals surface area contributed by atoms with Crippen molar-refractivity contribution in [3.05, 3.63) is 34.9 Å². The van der Waals surface area contributed by atoms with Crippen LogP contribution in [-0.4, -0.2) is 11.7 Å². The molecule has 21 heavy (non-hydrogen) atoms. The molecule has 0 spiro atoms. The van der Waals surface area contributed by atoms with E-state index in [0.717, 1.165) is 0 Å². The lowest BCUT2D eigenvalue weighted by Gasteiger charge is -2.20. The maximum atomic E-state index is 12.8. The first-order chi connectivity index (χ1) is 9.07. The van der Waals surface area contributed by atoms with Crippen LogP contribution in [0.25, 0.3) is 0 Å². The molecule has 0 aliphatic carbocycles. The van der Waals surface area contributed by atoms with Gasteiger partial charge in [-0.05, 0) is 36.6 Å². The van der Waals surface area contributed by atoms with E-state index in [0.29, 0.717) is 18.2 Å². The van der Waals surface area contributed by atoms with E-state index < -0.39 is 35.1 Å². The Kier molecular flexibility index (Phi) is 6.98. The number of hydrogen-bond acceptors (Lipinski definition) is 2. The van der Waals surface area contributed by atoms with Crippen LogP contribution in [0.1, 0.15) is 35.6 Å². The molecule has 1 aromatic carbocycles. The summed E-state index contributed by atoms with van der Waals surface area (Å²) < 4.78 is 76.0. The first-order valence-corrected chi connectivity index (χ1v) is 5.72. The van der Waals surface area contributed by atoms with Crippen LogP contribution in [0.3, 0.4) is 0 Å². The normalized spacial score (nSPS) is 13.7. The van der Waals surface area contributed by atoms with Crippen molar-refractivity contribution in [1.82, 2.24) is 0 Å². The Hall–Kier alpha value is -0.990. The molecular weight excluding hydrogens is 324 g/mol. The van der Waals surface area contributed by atoms with Crippen LogP contribution in [0.4, 0.5) is 26.3 Å². The highest BCUT2D eigenvalue weighted by Crippen LogP contribution is 2.38. The Labute approximate surface area is 123 Å². The van der Waals surface area contributed by atoms with Crippen molar-refractivity contribution < 1.29 is 31.4 Å². The third-order valence-corrected chi connectivity index (χ3v) is 2.76. The van der Waals surface area contributed by atoms with E-state index >= 15 is 0 Å². The number of aliphatic hydroxyl groups is 1. The average Bonchev–Trinajstić information content (AvgIpc) is 2.33. The van der Waals surface area contributed by atoms with Crippen molar-refractivity contribution in [1.29, 1.82) is 0 Å². The van der Waals surface area contributed by atoms with Crippen LogP contribution in [0.5, 0.6) is 0 Å². The van der Waals surface area contributed by atoms with Gasteiger partial charge in [0, 0.05) is 12.6 Å². The number of benzene rings is 1. The zero-order chi connectivity index (χ0) is 15.6. The number of hydrogen-bond donors (Lipinski definition) is 2. The molecule has 1 aromatic rings. The minimum absolute atomic E-state index is 0. The number of alkyl halides is 6. The number of nitrogens with two attached hydrogens (primary N) is 1. The highest BCUT2D eigenvalue weighted by molar-refractivity contribution is 5.85. The van der Waals surface area contributed by atoms with Gasteiger partial charge in [-0.25, -0.2) is 0 Å². The lowest BCUT2D eigenvalue weighted by Crippen LogP contribution is -2.19. The summed E-state index contributed by atoms with van der Waals surface area (Å²) in [6.45, 7) is -0.298. The van der Waals surface area contributed by atoms with E-state index in [1.807, 2.05) is 0 Å². The fraction of sp³-hybridized carbons (Fsp3) is 0.500. The summed E-state index contributed by atoms with van der Waals surface area (Å²) in [6.07, 6.45) is -9.46. The lowest BCUT2D eigenvalue weighted by atomic mass is 9.95. The smallest absolute Gasteiger partial charge is 0.396 e. The molecule has 0 saturated heterocycles. The van der Waals surface area contributed by atoms with Crippen molar-refractivity contribution in [3.63, 3.8) is 0 Å². The van der Waals surface area contributed by atoms with Crippen LogP contribution >= 0.6 is 12.4 Å².